The molecule has 0 fully saturated rings. The van der Waals surface area contributed by atoms with Crippen molar-refractivity contribution in [2.75, 3.05) is 0 Å². The topological polar surface area (TPSA) is 198 Å². The summed E-state index contributed by atoms with van der Waals surface area (Å²) in [7, 11) is 0. The molecule has 12 heavy (non-hydrogen) atoms. The monoisotopic (exact) mass is 239 g/mol. The Labute approximate surface area is 143 Å². The summed E-state index contributed by atoms with van der Waals surface area (Å²) >= 11 is 0. The van der Waals surface area contributed by atoms with Gasteiger partial charge in [0.05, 0.1) is 5.09 Å². The van der Waals surface area contributed by atoms with E-state index in [0.29, 0.717) is 0 Å². The van der Waals surface area contributed by atoms with Gasteiger partial charge in [-0.05, 0) is 0 Å². The summed E-state index contributed by atoms with van der Waals surface area (Å²) in [4.78, 5) is 17.2. The van der Waals surface area contributed by atoms with Crippen LogP contribution in [0.4, 0.5) is 4.79 Å². The molecule has 2 amide bonds. The molecule has 0 atom stereocenters. The zero-order valence-electron chi connectivity index (χ0n) is 8.44. The molecule has 0 bridgehead atoms. The normalized spacial score (nSPS) is 4.00. The minimum Gasteiger partial charge on any atom is -1.00 e. The Hall–Kier alpha value is 1.29. The summed E-state index contributed by atoms with van der Waals surface area (Å²) in [5.74, 6) is 0. The fourth-order valence-corrected chi connectivity index (χ4v) is 0. The van der Waals surface area contributed by atoms with Crippen molar-refractivity contribution in [3.63, 3.8) is 0 Å². The van der Waals surface area contributed by atoms with Gasteiger partial charge in [0.2, 0.25) is 0 Å². The van der Waals surface area contributed by atoms with Crippen LogP contribution in [0.5, 0.6) is 0 Å². The van der Waals surface area contributed by atoms with Crippen LogP contribution in [0.15, 0.2) is 0 Å². The van der Waals surface area contributed by atoms with Crippen LogP contribution < -0.4 is 62.9 Å². The summed E-state index contributed by atoms with van der Waals surface area (Å²) in [6.45, 7) is 0. The zero-order valence-corrected chi connectivity index (χ0v) is 11.8. The van der Waals surface area contributed by atoms with Gasteiger partial charge in [-0.1, -0.05) is 0 Å². The Bertz CT molecular complexity index is 89.1. The molecular weight excluding hydrogens is 229 g/mol. The molecule has 0 radical (unpaired) electrons. The van der Waals surface area contributed by atoms with E-state index in [1.807, 2.05) is 0 Å². The maximum Gasteiger partial charge on any atom is 2.00 e. The fraction of sp³-hybridized carbons (Fsp3) is 0. The van der Waals surface area contributed by atoms with Crippen molar-refractivity contribution in [2.45, 2.75) is 0 Å². The molecule has 11 heteroatoms. The molecule has 0 aliphatic rings. The van der Waals surface area contributed by atoms with E-state index in [0.717, 1.165) is 0 Å². The van der Waals surface area contributed by atoms with Crippen LogP contribution in [0.1, 0.15) is 2.85 Å². The van der Waals surface area contributed by atoms with E-state index in [1.165, 1.54) is 0 Å². The van der Waals surface area contributed by atoms with E-state index in [4.69, 9.17) is 20.1 Å². The number of rotatable bonds is 0. The van der Waals surface area contributed by atoms with Crippen LogP contribution in [0.3, 0.4) is 0 Å². The van der Waals surface area contributed by atoms with E-state index in [9.17, 15) is 0 Å². The molecule has 0 aliphatic heterocycles. The van der Waals surface area contributed by atoms with Crippen molar-refractivity contribution in [3.8, 4) is 0 Å². The van der Waals surface area contributed by atoms with Gasteiger partial charge in [-0.2, -0.15) is 0 Å². The third-order valence-corrected chi connectivity index (χ3v) is 0. The summed E-state index contributed by atoms with van der Waals surface area (Å²) < 4.78 is 0. The zero-order chi connectivity index (χ0) is 7.15. The molecule has 8 N–H and O–H groups in total. The van der Waals surface area contributed by atoms with Crippen molar-refractivity contribution in [1.82, 2.24) is 0 Å². The average molecular weight is 239 g/mol. The SMILES string of the molecule is NC(N)=O.O.O.O=[N+]([O-])[O-].[Ca+2].[H-].[H-].[K+]. The third kappa shape index (κ3) is 722. The van der Waals surface area contributed by atoms with Gasteiger partial charge < -0.3 is 40.6 Å². The fourth-order valence-electron chi connectivity index (χ4n) is 0. The van der Waals surface area contributed by atoms with Crippen LogP contribution in [0.25, 0.3) is 0 Å². The number of hydrogen-bond donors (Lipinski definition) is 2. The number of urea groups is 1. The van der Waals surface area contributed by atoms with Gasteiger partial charge >= 0.3 is 95.2 Å². The maximum atomic E-state index is 9.00. The minimum absolute atomic E-state index is 0. The van der Waals surface area contributed by atoms with Crippen molar-refractivity contribution >= 4 is 43.8 Å². The van der Waals surface area contributed by atoms with Crippen molar-refractivity contribution < 1.29 is 75.1 Å². The second-order valence-electron chi connectivity index (χ2n) is 0.626. The summed E-state index contributed by atoms with van der Waals surface area (Å²) in [5, 5.41) is 14.8. The predicted molar refractivity (Wildman–Crippen MR) is 39.3 cm³/mol. The van der Waals surface area contributed by atoms with Gasteiger partial charge in [-0.3, -0.25) is 0 Å². The summed E-state index contributed by atoms with van der Waals surface area (Å²) in [5.41, 5.74) is 8.50. The van der Waals surface area contributed by atoms with Gasteiger partial charge in [0.25, 0.3) is 0 Å². The summed E-state index contributed by atoms with van der Waals surface area (Å²) in [6, 6.07) is -0.833. The van der Waals surface area contributed by atoms with Crippen LogP contribution in [-0.2, 0) is 0 Å². The van der Waals surface area contributed by atoms with Crippen LogP contribution in [0, 0.1) is 15.3 Å². The first-order chi connectivity index (χ1) is 3.46. The number of hydrogen-bond acceptors (Lipinski definition) is 4. The smallest absolute Gasteiger partial charge is 1.00 e. The minimum atomic E-state index is -1.75. The number of primary amides is 2. The number of amides is 2. The second-order valence-corrected chi connectivity index (χ2v) is 0.626. The number of carbonyl (C=O) groups is 1. The molecule has 0 aromatic rings. The van der Waals surface area contributed by atoms with Crippen LogP contribution in [-0.4, -0.2) is 59.8 Å². The maximum absolute atomic E-state index is 9.00. The molecule has 0 aliphatic carbocycles. The van der Waals surface area contributed by atoms with Gasteiger partial charge in [0, 0.05) is 0 Å². The molecule has 68 valence electrons. The standard InChI is InChI=1S/CH4N2O.Ca.K.NO3.2H2O.2H/c2-1(3)4;;;2-1(3)4;;;;/h(H4,2,3,4);;;;2*1H2;;/q;+2;+1;-1;;;2*-1. The first kappa shape index (κ1) is 37.8. The number of nitrogens with zero attached hydrogens (tertiary/aromatic N) is 1. The van der Waals surface area contributed by atoms with Crippen molar-refractivity contribution in [2.24, 2.45) is 11.5 Å². The summed E-state index contributed by atoms with van der Waals surface area (Å²) in [6.07, 6.45) is 0. The Morgan fingerprint density at radius 3 is 1.25 bits per heavy atom. The van der Waals surface area contributed by atoms with E-state index in [-0.39, 0.29) is 103 Å². The predicted octanol–water partition coefficient (Wildman–Crippen LogP) is -6.02. The molecule has 0 saturated heterocycles. The first-order valence-electron chi connectivity index (χ1n) is 1.33. The third-order valence-electron chi connectivity index (χ3n) is 0. The Balaban J connectivity index is -0.00000000600. The number of nitrogens with two attached hydrogens (primary N) is 2. The molecule has 0 rings (SSSR count). The van der Waals surface area contributed by atoms with Gasteiger partial charge in [0.1, 0.15) is 0 Å². The van der Waals surface area contributed by atoms with E-state index >= 15 is 0 Å². The average Bonchev–Trinajstić information content (AvgIpc) is 1.25. The second kappa shape index (κ2) is 29.5. The van der Waals surface area contributed by atoms with Crippen molar-refractivity contribution in [1.29, 1.82) is 0 Å². The largest absolute Gasteiger partial charge is 2.00 e. The van der Waals surface area contributed by atoms with Crippen molar-refractivity contribution in [3.05, 3.63) is 15.3 Å². The molecule has 9 nitrogen and oxygen atoms in total. The van der Waals surface area contributed by atoms with Crippen LogP contribution >= 0.6 is 0 Å². The Morgan fingerprint density at radius 2 is 1.25 bits per heavy atom. The molecule has 0 unspecified atom stereocenters. The molecule has 0 heterocycles. The van der Waals surface area contributed by atoms with E-state index in [1.54, 1.807) is 0 Å². The van der Waals surface area contributed by atoms with Crippen LogP contribution in [0.2, 0.25) is 0 Å². The molecule has 0 spiro atoms. The van der Waals surface area contributed by atoms with E-state index in [2.05, 4.69) is 11.5 Å². The quantitative estimate of drug-likeness (QED) is 0.241. The number of carbonyl (C=O) groups excluding carboxylic acids is 1. The first-order valence-corrected chi connectivity index (χ1v) is 1.33. The Kier molecular flexibility index (Phi) is 92.8. The molecule has 0 aromatic heterocycles. The van der Waals surface area contributed by atoms with Gasteiger partial charge in [0.15, 0.2) is 0 Å². The Morgan fingerprint density at radius 1 is 1.25 bits per heavy atom. The molecule has 0 aromatic carbocycles. The van der Waals surface area contributed by atoms with E-state index < -0.39 is 11.1 Å². The van der Waals surface area contributed by atoms with Gasteiger partial charge in [-0.25, -0.2) is 4.79 Å². The molecular formula is CH10CaKN3O6. The molecule has 0 saturated carbocycles. The van der Waals surface area contributed by atoms with Gasteiger partial charge in [-0.15, -0.1) is 0 Å².